The molecule has 19 heavy (non-hydrogen) atoms. The molecular weight excluding hydrogens is 258 g/mol. The quantitative estimate of drug-likeness (QED) is 0.698. The fraction of sp³-hybridized carbons (Fsp3) is 0.600. The minimum absolute atomic E-state index is 0.252. The molecule has 0 unspecified atom stereocenters. The van der Waals surface area contributed by atoms with Gasteiger partial charge in [0.1, 0.15) is 0 Å². The van der Waals surface area contributed by atoms with Crippen molar-refractivity contribution in [3.05, 3.63) is 35.9 Å². The van der Waals surface area contributed by atoms with Crippen molar-refractivity contribution in [3.8, 4) is 0 Å². The van der Waals surface area contributed by atoms with Crippen molar-refractivity contribution in [3.63, 3.8) is 0 Å². The Morgan fingerprint density at radius 3 is 2.11 bits per heavy atom. The first-order chi connectivity index (χ1) is 9.10. The number of rotatable bonds is 9. The van der Waals surface area contributed by atoms with Gasteiger partial charge in [0.15, 0.2) is 0 Å². The van der Waals surface area contributed by atoms with Gasteiger partial charge < -0.3 is 0 Å². The summed E-state index contributed by atoms with van der Waals surface area (Å²) in [5.74, 6) is 0.252. The van der Waals surface area contributed by atoms with Crippen LogP contribution >= 0.6 is 0 Å². The molecule has 0 aliphatic carbocycles. The van der Waals surface area contributed by atoms with Gasteiger partial charge in [-0.3, -0.25) is 0 Å². The highest BCUT2D eigenvalue weighted by Gasteiger charge is 2.19. The lowest BCUT2D eigenvalue weighted by atomic mass is 10.1. The molecule has 0 N–H and O–H groups in total. The van der Waals surface area contributed by atoms with Crippen molar-refractivity contribution in [2.45, 2.75) is 39.5 Å². The Kier molecular flexibility index (Phi) is 7.10. The van der Waals surface area contributed by atoms with Crippen molar-refractivity contribution in [1.82, 2.24) is 4.31 Å². The van der Waals surface area contributed by atoms with E-state index < -0.39 is 10.0 Å². The third-order valence-corrected chi connectivity index (χ3v) is 5.01. The van der Waals surface area contributed by atoms with Gasteiger partial charge in [-0.1, -0.05) is 44.2 Å². The smallest absolute Gasteiger partial charge is 0.212 e. The first-order valence-corrected chi connectivity index (χ1v) is 8.72. The molecule has 0 saturated carbocycles. The number of hydrogen-bond acceptors (Lipinski definition) is 2. The summed E-state index contributed by atoms with van der Waals surface area (Å²) < 4.78 is 26.1. The van der Waals surface area contributed by atoms with Crippen LogP contribution in [0.1, 0.15) is 38.7 Å². The van der Waals surface area contributed by atoms with Crippen LogP contribution in [0, 0.1) is 0 Å². The van der Waals surface area contributed by atoms with Gasteiger partial charge >= 0.3 is 0 Å². The zero-order chi connectivity index (χ0) is 14.1. The molecule has 0 fully saturated rings. The largest absolute Gasteiger partial charge is 0.214 e. The lowest BCUT2D eigenvalue weighted by molar-refractivity contribution is 0.409. The second-order valence-electron chi connectivity index (χ2n) is 4.80. The van der Waals surface area contributed by atoms with Crippen molar-refractivity contribution in [2.24, 2.45) is 0 Å². The highest BCUT2D eigenvalue weighted by atomic mass is 32.2. The van der Waals surface area contributed by atoms with E-state index in [0.29, 0.717) is 19.5 Å². The van der Waals surface area contributed by atoms with E-state index in [4.69, 9.17) is 0 Å². The Balaban J connectivity index is 2.49. The van der Waals surface area contributed by atoms with E-state index in [1.807, 2.05) is 44.2 Å². The minimum Gasteiger partial charge on any atom is -0.212 e. The summed E-state index contributed by atoms with van der Waals surface area (Å²) in [6.45, 7) is 5.31. The topological polar surface area (TPSA) is 37.4 Å². The van der Waals surface area contributed by atoms with Crippen molar-refractivity contribution >= 4 is 10.0 Å². The predicted molar refractivity (Wildman–Crippen MR) is 80.7 cm³/mol. The molecule has 1 aromatic carbocycles. The predicted octanol–water partition coefficient (Wildman–Crippen LogP) is 3.07. The van der Waals surface area contributed by atoms with Crippen LogP contribution in [0.2, 0.25) is 0 Å². The van der Waals surface area contributed by atoms with E-state index in [0.717, 1.165) is 19.3 Å². The van der Waals surface area contributed by atoms with Crippen LogP contribution in [0.25, 0.3) is 0 Å². The summed E-state index contributed by atoms with van der Waals surface area (Å²) >= 11 is 0. The molecule has 0 bridgehead atoms. The second-order valence-corrected chi connectivity index (χ2v) is 6.89. The number of benzene rings is 1. The summed E-state index contributed by atoms with van der Waals surface area (Å²) in [7, 11) is -3.08. The number of hydrogen-bond donors (Lipinski definition) is 0. The monoisotopic (exact) mass is 283 g/mol. The summed E-state index contributed by atoms with van der Waals surface area (Å²) in [6, 6.07) is 10.0. The molecule has 3 nitrogen and oxygen atoms in total. The summed E-state index contributed by atoms with van der Waals surface area (Å²) in [5.41, 5.74) is 1.20. The van der Waals surface area contributed by atoms with Gasteiger partial charge in [0.05, 0.1) is 5.75 Å². The lowest BCUT2D eigenvalue weighted by Gasteiger charge is -2.20. The fourth-order valence-electron chi connectivity index (χ4n) is 2.12. The van der Waals surface area contributed by atoms with Crippen molar-refractivity contribution < 1.29 is 8.42 Å². The van der Waals surface area contributed by atoms with Gasteiger partial charge in [0, 0.05) is 13.1 Å². The lowest BCUT2D eigenvalue weighted by Crippen LogP contribution is -2.34. The molecule has 0 radical (unpaired) electrons. The van der Waals surface area contributed by atoms with E-state index in [1.165, 1.54) is 5.56 Å². The number of aryl methyl sites for hydroxylation is 1. The highest BCUT2D eigenvalue weighted by molar-refractivity contribution is 7.89. The van der Waals surface area contributed by atoms with E-state index in [-0.39, 0.29) is 5.75 Å². The molecule has 0 heterocycles. The zero-order valence-corrected chi connectivity index (χ0v) is 12.8. The summed E-state index contributed by atoms with van der Waals surface area (Å²) in [6.07, 6.45) is 3.26. The number of sulfonamides is 1. The van der Waals surface area contributed by atoms with E-state index >= 15 is 0 Å². The first-order valence-electron chi connectivity index (χ1n) is 7.12. The van der Waals surface area contributed by atoms with Crippen molar-refractivity contribution in [1.29, 1.82) is 0 Å². The first kappa shape index (κ1) is 16.2. The molecule has 0 atom stereocenters. The van der Waals surface area contributed by atoms with Crippen LogP contribution in [0.3, 0.4) is 0 Å². The minimum atomic E-state index is -3.08. The standard InChI is InChI=1S/C15H25NO2S/c1-3-12-16(13-4-2)19(17,18)14-8-11-15-9-6-5-7-10-15/h5-7,9-10H,3-4,8,11-14H2,1-2H3. The Morgan fingerprint density at radius 1 is 1.00 bits per heavy atom. The molecular formula is C15H25NO2S. The molecule has 0 aromatic heterocycles. The van der Waals surface area contributed by atoms with Gasteiger partial charge in [-0.25, -0.2) is 12.7 Å². The summed E-state index contributed by atoms with van der Waals surface area (Å²) in [4.78, 5) is 0. The van der Waals surface area contributed by atoms with Crippen LogP contribution in [0.4, 0.5) is 0 Å². The van der Waals surface area contributed by atoms with Crippen LogP contribution in [-0.4, -0.2) is 31.6 Å². The van der Waals surface area contributed by atoms with Crippen LogP contribution in [0.5, 0.6) is 0 Å². The summed E-state index contributed by atoms with van der Waals surface area (Å²) in [5, 5.41) is 0. The Hall–Kier alpha value is -0.870. The van der Waals surface area contributed by atoms with Crippen LogP contribution in [0.15, 0.2) is 30.3 Å². The molecule has 4 heteroatoms. The normalized spacial score (nSPS) is 11.9. The average Bonchev–Trinajstić information content (AvgIpc) is 2.39. The molecule has 0 amide bonds. The molecule has 0 spiro atoms. The molecule has 0 aliphatic rings. The maximum absolute atomic E-state index is 12.2. The Labute approximate surface area is 117 Å². The van der Waals surface area contributed by atoms with Crippen LogP contribution < -0.4 is 0 Å². The Bertz CT molecular complexity index is 436. The molecule has 1 rings (SSSR count). The zero-order valence-electron chi connectivity index (χ0n) is 12.0. The average molecular weight is 283 g/mol. The number of nitrogens with zero attached hydrogens (tertiary/aromatic N) is 1. The fourth-order valence-corrected chi connectivity index (χ4v) is 3.81. The van der Waals surface area contributed by atoms with Gasteiger partial charge in [-0.2, -0.15) is 0 Å². The SMILES string of the molecule is CCCN(CCC)S(=O)(=O)CCCc1ccccc1. The van der Waals surface area contributed by atoms with Crippen molar-refractivity contribution in [2.75, 3.05) is 18.8 Å². The molecule has 108 valence electrons. The van der Waals surface area contributed by atoms with Gasteiger partial charge in [-0.15, -0.1) is 0 Å². The molecule has 0 aliphatic heterocycles. The third kappa shape index (κ3) is 5.74. The third-order valence-electron chi connectivity index (χ3n) is 3.05. The highest BCUT2D eigenvalue weighted by Crippen LogP contribution is 2.09. The maximum atomic E-state index is 12.2. The second kappa shape index (κ2) is 8.33. The van der Waals surface area contributed by atoms with Gasteiger partial charge in [0.2, 0.25) is 10.0 Å². The van der Waals surface area contributed by atoms with Gasteiger partial charge in [-0.05, 0) is 31.2 Å². The molecule has 1 aromatic rings. The van der Waals surface area contributed by atoms with Gasteiger partial charge in [0.25, 0.3) is 0 Å². The Morgan fingerprint density at radius 2 is 1.58 bits per heavy atom. The maximum Gasteiger partial charge on any atom is 0.214 e. The van der Waals surface area contributed by atoms with E-state index in [2.05, 4.69) is 0 Å². The van der Waals surface area contributed by atoms with E-state index in [9.17, 15) is 8.42 Å². The van der Waals surface area contributed by atoms with Crippen LogP contribution in [-0.2, 0) is 16.4 Å². The molecule has 0 saturated heterocycles. The van der Waals surface area contributed by atoms with E-state index in [1.54, 1.807) is 4.31 Å².